The highest BCUT2D eigenvalue weighted by atomic mass is 16.5. The van der Waals surface area contributed by atoms with Crippen molar-refractivity contribution in [3.63, 3.8) is 0 Å². The number of benzene rings is 1. The molecule has 0 aliphatic carbocycles. The SMILES string of the molecule is COc1cc(C(C)C)ccc1C1CNCC(C)O1. The van der Waals surface area contributed by atoms with Crippen molar-refractivity contribution in [2.24, 2.45) is 0 Å². The van der Waals surface area contributed by atoms with Crippen LogP contribution < -0.4 is 10.1 Å². The first-order chi connectivity index (χ1) is 8.61. The molecule has 1 aromatic carbocycles. The first-order valence-corrected chi connectivity index (χ1v) is 6.65. The summed E-state index contributed by atoms with van der Waals surface area (Å²) in [6.45, 7) is 8.24. The van der Waals surface area contributed by atoms with Gasteiger partial charge in [0, 0.05) is 18.7 Å². The number of methoxy groups -OCH3 is 1. The normalized spacial score (nSPS) is 24.3. The average Bonchev–Trinajstić information content (AvgIpc) is 2.37. The van der Waals surface area contributed by atoms with Gasteiger partial charge in [-0.2, -0.15) is 0 Å². The summed E-state index contributed by atoms with van der Waals surface area (Å²) >= 11 is 0. The van der Waals surface area contributed by atoms with Gasteiger partial charge in [-0.3, -0.25) is 0 Å². The largest absolute Gasteiger partial charge is 0.496 e. The molecule has 1 fully saturated rings. The number of ether oxygens (including phenoxy) is 2. The molecule has 1 heterocycles. The van der Waals surface area contributed by atoms with E-state index in [1.54, 1.807) is 7.11 Å². The number of nitrogens with one attached hydrogen (secondary N) is 1. The fourth-order valence-electron chi connectivity index (χ4n) is 2.33. The van der Waals surface area contributed by atoms with E-state index in [1.165, 1.54) is 5.56 Å². The molecule has 3 nitrogen and oxygen atoms in total. The van der Waals surface area contributed by atoms with Crippen molar-refractivity contribution >= 4 is 0 Å². The highest BCUT2D eigenvalue weighted by Gasteiger charge is 2.23. The number of hydrogen-bond donors (Lipinski definition) is 1. The Morgan fingerprint density at radius 1 is 1.33 bits per heavy atom. The van der Waals surface area contributed by atoms with Crippen molar-refractivity contribution in [2.45, 2.75) is 38.9 Å². The Labute approximate surface area is 109 Å². The van der Waals surface area contributed by atoms with Crippen LogP contribution in [0, 0.1) is 0 Å². The zero-order chi connectivity index (χ0) is 13.1. The van der Waals surface area contributed by atoms with Crippen molar-refractivity contribution in [3.05, 3.63) is 29.3 Å². The number of hydrogen-bond acceptors (Lipinski definition) is 3. The molecule has 2 unspecified atom stereocenters. The van der Waals surface area contributed by atoms with Crippen LogP contribution in [0.2, 0.25) is 0 Å². The molecular weight excluding hydrogens is 226 g/mol. The Morgan fingerprint density at radius 3 is 2.72 bits per heavy atom. The van der Waals surface area contributed by atoms with E-state index in [-0.39, 0.29) is 12.2 Å². The summed E-state index contributed by atoms with van der Waals surface area (Å²) in [5.74, 6) is 1.44. The van der Waals surface area contributed by atoms with Crippen molar-refractivity contribution in [1.82, 2.24) is 5.32 Å². The molecule has 18 heavy (non-hydrogen) atoms. The maximum absolute atomic E-state index is 5.97. The summed E-state index contributed by atoms with van der Waals surface area (Å²) in [4.78, 5) is 0. The fraction of sp³-hybridized carbons (Fsp3) is 0.600. The van der Waals surface area contributed by atoms with Crippen molar-refractivity contribution in [3.8, 4) is 5.75 Å². The Hall–Kier alpha value is -1.06. The summed E-state index contributed by atoms with van der Waals surface area (Å²) in [7, 11) is 1.72. The molecule has 0 bridgehead atoms. The molecular formula is C15H23NO2. The lowest BCUT2D eigenvalue weighted by Crippen LogP contribution is -2.39. The standard InChI is InChI=1S/C15H23NO2/c1-10(2)12-5-6-13(14(7-12)17-4)15-9-16-8-11(3)18-15/h5-7,10-11,15-16H,8-9H2,1-4H3. The van der Waals surface area contributed by atoms with Crippen LogP contribution in [0.3, 0.4) is 0 Å². The van der Waals surface area contributed by atoms with Gasteiger partial charge in [0.25, 0.3) is 0 Å². The van der Waals surface area contributed by atoms with Crippen LogP contribution in [0.15, 0.2) is 18.2 Å². The smallest absolute Gasteiger partial charge is 0.125 e. The molecule has 2 rings (SSSR count). The molecule has 1 aliphatic heterocycles. The maximum atomic E-state index is 5.97. The van der Waals surface area contributed by atoms with E-state index < -0.39 is 0 Å². The van der Waals surface area contributed by atoms with E-state index in [1.807, 2.05) is 0 Å². The Bertz CT molecular complexity index is 403. The number of rotatable bonds is 3. The van der Waals surface area contributed by atoms with E-state index in [4.69, 9.17) is 9.47 Å². The quantitative estimate of drug-likeness (QED) is 0.893. The van der Waals surface area contributed by atoms with Crippen LogP contribution >= 0.6 is 0 Å². The minimum atomic E-state index is 0.0879. The molecule has 1 saturated heterocycles. The molecule has 2 atom stereocenters. The van der Waals surface area contributed by atoms with Gasteiger partial charge in [0.15, 0.2) is 0 Å². The molecule has 3 heteroatoms. The molecule has 0 amide bonds. The lowest BCUT2D eigenvalue weighted by atomic mass is 9.98. The molecule has 0 radical (unpaired) electrons. The summed E-state index contributed by atoms with van der Waals surface area (Å²) < 4.78 is 11.5. The van der Waals surface area contributed by atoms with Crippen molar-refractivity contribution in [2.75, 3.05) is 20.2 Å². The lowest BCUT2D eigenvalue weighted by molar-refractivity contribution is -0.0296. The van der Waals surface area contributed by atoms with E-state index in [2.05, 4.69) is 44.3 Å². The van der Waals surface area contributed by atoms with E-state index in [0.29, 0.717) is 5.92 Å². The first kappa shape index (κ1) is 13.4. The lowest BCUT2D eigenvalue weighted by Gasteiger charge is -2.30. The van der Waals surface area contributed by atoms with Crippen LogP contribution in [0.1, 0.15) is 43.9 Å². The van der Waals surface area contributed by atoms with Gasteiger partial charge >= 0.3 is 0 Å². The third kappa shape index (κ3) is 2.85. The molecule has 1 aliphatic rings. The Balaban J connectivity index is 2.26. The van der Waals surface area contributed by atoms with Crippen molar-refractivity contribution in [1.29, 1.82) is 0 Å². The zero-order valence-electron chi connectivity index (χ0n) is 11.7. The zero-order valence-corrected chi connectivity index (χ0v) is 11.7. The van der Waals surface area contributed by atoms with Crippen LogP contribution in [-0.4, -0.2) is 26.3 Å². The summed E-state index contributed by atoms with van der Waals surface area (Å²) in [6.07, 6.45) is 0.336. The van der Waals surface area contributed by atoms with Gasteiger partial charge in [-0.05, 0) is 24.5 Å². The van der Waals surface area contributed by atoms with Gasteiger partial charge < -0.3 is 14.8 Å². The third-order valence-electron chi connectivity index (χ3n) is 3.43. The van der Waals surface area contributed by atoms with E-state index >= 15 is 0 Å². The molecule has 1 N–H and O–H groups in total. The Morgan fingerprint density at radius 2 is 2.11 bits per heavy atom. The van der Waals surface area contributed by atoms with Gasteiger partial charge in [0.05, 0.1) is 19.3 Å². The van der Waals surface area contributed by atoms with Crippen LogP contribution in [0.4, 0.5) is 0 Å². The molecule has 0 spiro atoms. The summed E-state index contributed by atoms with van der Waals surface area (Å²) in [5.41, 5.74) is 2.44. The maximum Gasteiger partial charge on any atom is 0.125 e. The third-order valence-corrected chi connectivity index (χ3v) is 3.43. The van der Waals surface area contributed by atoms with Crippen LogP contribution in [0.25, 0.3) is 0 Å². The van der Waals surface area contributed by atoms with Gasteiger partial charge in [-0.1, -0.05) is 26.0 Å². The molecule has 100 valence electrons. The fourth-order valence-corrected chi connectivity index (χ4v) is 2.33. The van der Waals surface area contributed by atoms with E-state index in [9.17, 15) is 0 Å². The minimum absolute atomic E-state index is 0.0879. The monoisotopic (exact) mass is 249 g/mol. The second-order valence-electron chi connectivity index (χ2n) is 5.25. The summed E-state index contributed by atoms with van der Waals surface area (Å²) in [5, 5.41) is 3.39. The predicted octanol–water partition coefficient (Wildman–Crippen LogP) is 2.87. The first-order valence-electron chi connectivity index (χ1n) is 6.65. The van der Waals surface area contributed by atoms with Gasteiger partial charge in [-0.15, -0.1) is 0 Å². The highest BCUT2D eigenvalue weighted by molar-refractivity contribution is 5.40. The van der Waals surface area contributed by atoms with Gasteiger partial charge in [0.2, 0.25) is 0 Å². The van der Waals surface area contributed by atoms with Crippen molar-refractivity contribution < 1.29 is 9.47 Å². The van der Waals surface area contributed by atoms with Crippen LogP contribution in [-0.2, 0) is 4.74 Å². The van der Waals surface area contributed by atoms with Gasteiger partial charge in [-0.25, -0.2) is 0 Å². The van der Waals surface area contributed by atoms with E-state index in [0.717, 1.165) is 24.4 Å². The topological polar surface area (TPSA) is 30.5 Å². The second kappa shape index (κ2) is 5.72. The number of morpholine rings is 1. The molecule has 0 saturated carbocycles. The highest BCUT2D eigenvalue weighted by Crippen LogP contribution is 2.32. The molecule has 0 aromatic heterocycles. The van der Waals surface area contributed by atoms with Gasteiger partial charge in [0.1, 0.15) is 5.75 Å². The van der Waals surface area contributed by atoms with Crippen LogP contribution in [0.5, 0.6) is 5.75 Å². The second-order valence-corrected chi connectivity index (χ2v) is 5.25. The average molecular weight is 249 g/mol. The summed E-state index contributed by atoms with van der Waals surface area (Å²) in [6, 6.07) is 6.44. The molecule has 1 aromatic rings. The minimum Gasteiger partial charge on any atom is -0.496 e. The Kier molecular flexibility index (Phi) is 4.25. The predicted molar refractivity (Wildman–Crippen MR) is 73.2 cm³/mol.